The molecular weight excluding hydrogens is 186 g/mol. The third-order valence-corrected chi connectivity index (χ3v) is 2.42. The predicted octanol–water partition coefficient (Wildman–Crippen LogP) is 2.13. The molecule has 2 rings (SSSR count). The molecule has 0 heterocycles. The summed E-state index contributed by atoms with van der Waals surface area (Å²) in [6, 6.07) is 14.5. The van der Waals surface area contributed by atoms with Crippen LogP contribution < -0.4 is 5.32 Å². The van der Waals surface area contributed by atoms with Gasteiger partial charge in [-0.1, -0.05) is 42.5 Å². The molecule has 0 spiro atoms. The third kappa shape index (κ3) is 2.22. The van der Waals surface area contributed by atoms with Gasteiger partial charge in [0.15, 0.2) is 0 Å². The smallest absolute Gasteiger partial charge is 0.133 e. The molecule has 0 fully saturated rings. The highest BCUT2D eigenvalue weighted by molar-refractivity contribution is 5.85. The number of nitrogens with one attached hydrogen (secondary N) is 1. The molecule has 0 aliphatic carbocycles. The third-order valence-electron chi connectivity index (χ3n) is 2.42. The SMILES string of the molecule is O=CCNCc1cccc2ccccc12. The maximum atomic E-state index is 10.2. The molecule has 2 aromatic rings. The van der Waals surface area contributed by atoms with Crippen molar-refractivity contribution in [2.75, 3.05) is 6.54 Å². The van der Waals surface area contributed by atoms with Crippen LogP contribution in [0.1, 0.15) is 5.56 Å². The molecule has 15 heavy (non-hydrogen) atoms. The molecule has 0 aromatic heterocycles. The zero-order valence-corrected chi connectivity index (χ0v) is 8.44. The minimum atomic E-state index is 0.406. The van der Waals surface area contributed by atoms with E-state index in [1.165, 1.54) is 16.3 Å². The number of benzene rings is 2. The molecule has 2 nitrogen and oxygen atoms in total. The van der Waals surface area contributed by atoms with E-state index in [-0.39, 0.29) is 0 Å². The Balaban J connectivity index is 2.30. The quantitative estimate of drug-likeness (QED) is 0.603. The van der Waals surface area contributed by atoms with Crippen LogP contribution in [-0.4, -0.2) is 12.8 Å². The fourth-order valence-corrected chi connectivity index (χ4v) is 1.71. The summed E-state index contributed by atoms with van der Waals surface area (Å²) in [6.45, 7) is 1.14. The van der Waals surface area contributed by atoms with Crippen LogP contribution in [0.3, 0.4) is 0 Å². The molecule has 0 aliphatic heterocycles. The highest BCUT2D eigenvalue weighted by Crippen LogP contribution is 2.17. The van der Waals surface area contributed by atoms with Crippen LogP contribution in [0.2, 0.25) is 0 Å². The van der Waals surface area contributed by atoms with Crippen molar-refractivity contribution in [3.05, 3.63) is 48.0 Å². The van der Waals surface area contributed by atoms with Gasteiger partial charge in [0.05, 0.1) is 6.54 Å². The number of hydrogen-bond donors (Lipinski definition) is 1. The number of fused-ring (bicyclic) bond motifs is 1. The van der Waals surface area contributed by atoms with Gasteiger partial charge in [0, 0.05) is 6.54 Å². The Hall–Kier alpha value is -1.67. The van der Waals surface area contributed by atoms with E-state index in [0.29, 0.717) is 6.54 Å². The van der Waals surface area contributed by atoms with Crippen molar-refractivity contribution < 1.29 is 4.79 Å². The summed E-state index contributed by atoms with van der Waals surface area (Å²) in [4.78, 5) is 10.2. The summed E-state index contributed by atoms with van der Waals surface area (Å²) < 4.78 is 0. The number of hydrogen-bond acceptors (Lipinski definition) is 2. The van der Waals surface area contributed by atoms with Gasteiger partial charge in [0.1, 0.15) is 6.29 Å². The van der Waals surface area contributed by atoms with E-state index in [1.54, 1.807) is 0 Å². The maximum absolute atomic E-state index is 10.2. The number of rotatable bonds is 4. The van der Waals surface area contributed by atoms with E-state index >= 15 is 0 Å². The normalized spacial score (nSPS) is 10.4. The van der Waals surface area contributed by atoms with Crippen LogP contribution in [0.25, 0.3) is 10.8 Å². The summed E-state index contributed by atoms with van der Waals surface area (Å²) >= 11 is 0. The van der Waals surface area contributed by atoms with Crippen LogP contribution in [-0.2, 0) is 11.3 Å². The van der Waals surface area contributed by atoms with E-state index in [9.17, 15) is 4.79 Å². The Morgan fingerprint density at radius 1 is 1.07 bits per heavy atom. The van der Waals surface area contributed by atoms with Crippen LogP contribution in [0.4, 0.5) is 0 Å². The Labute approximate surface area is 88.9 Å². The van der Waals surface area contributed by atoms with Crippen LogP contribution in [0.5, 0.6) is 0 Å². The first-order valence-electron chi connectivity index (χ1n) is 5.03. The van der Waals surface area contributed by atoms with E-state index in [1.807, 2.05) is 18.2 Å². The van der Waals surface area contributed by atoms with Gasteiger partial charge in [-0.2, -0.15) is 0 Å². The topological polar surface area (TPSA) is 29.1 Å². The van der Waals surface area contributed by atoms with Gasteiger partial charge in [-0.25, -0.2) is 0 Å². The molecule has 0 atom stereocenters. The van der Waals surface area contributed by atoms with Gasteiger partial charge in [-0.05, 0) is 16.3 Å². The Morgan fingerprint density at radius 3 is 2.73 bits per heavy atom. The van der Waals surface area contributed by atoms with Crippen LogP contribution >= 0.6 is 0 Å². The lowest BCUT2D eigenvalue weighted by Crippen LogP contribution is -2.15. The largest absolute Gasteiger partial charge is 0.306 e. The van der Waals surface area contributed by atoms with E-state index in [4.69, 9.17) is 0 Å². The fraction of sp³-hybridized carbons (Fsp3) is 0.154. The van der Waals surface area contributed by atoms with Crippen molar-refractivity contribution in [3.63, 3.8) is 0 Å². The zero-order chi connectivity index (χ0) is 10.5. The second kappa shape index (κ2) is 4.71. The van der Waals surface area contributed by atoms with Crippen LogP contribution in [0, 0.1) is 0 Å². The van der Waals surface area contributed by atoms with Crippen molar-refractivity contribution in [1.29, 1.82) is 0 Å². The van der Waals surface area contributed by atoms with Gasteiger partial charge >= 0.3 is 0 Å². The minimum absolute atomic E-state index is 0.406. The molecular formula is C13H13NO. The average molecular weight is 199 g/mol. The first kappa shape index (κ1) is 9.87. The fourth-order valence-electron chi connectivity index (χ4n) is 1.71. The summed E-state index contributed by atoms with van der Waals surface area (Å²) in [5.41, 5.74) is 1.23. The highest BCUT2D eigenvalue weighted by Gasteiger charge is 1.98. The van der Waals surface area contributed by atoms with Gasteiger partial charge in [-0.15, -0.1) is 0 Å². The van der Waals surface area contributed by atoms with E-state index < -0.39 is 0 Å². The molecule has 0 unspecified atom stereocenters. The molecule has 0 aliphatic rings. The standard InChI is InChI=1S/C13H13NO/c15-9-8-14-10-12-6-3-5-11-4-1-2-7-13(11)12/h1-7,9,14H,8,10H2. The summed E-state index contributed by atoms with van der Waals surface area (Å²) in [5.74, 6) is 0. The zero-order valence-electron chi connectivity index (χ0n) is 8.44. The van der Waals surface area contributed by atoms with Crippen LogP contribution in [0.15, 0.2) is 42.5 Å². The lowest BCUT2D eigenvalue weighted by Gasteiger charge is -2.06. The molecule has 0 amide bonds. The summed E-state index contributed by atoms with van der Waals surface area (Å²) in [7, 11) is 0. The Kier molecular flexibility index (Phi) is 3.10. The van der Waals surface area contributed by atoms with E-state index in [2.05, 4.69) is 29.6 Å². The first-order chi connectivity index (χ1) is 7.42. The summed E-state index contributed by atoms with van der Waals surface area (Å²) in [5, 5.41) is 5.56. The minimum Gasteiger partial charge on any atom is -0.306 e. The lowest BCUT2D eigenvalue weighted by molar-refractivity contribution is -0.107. The predicted molar refractivity (Wildman–Crippen MR) is 61.7 cm³/mol. The van der Waals surface area contributed by atoms with Crippen molar-refractivity contribution in [2.24, 2.45) is 0 Å². The Morgan fingerprint density at radius 2 is 1.87 bits per heavy atom. The monoisotopic (exact) mass is 199 g/mol. The van der Waals surface area contributed by atoms with E-state index in [0.717, 1.165) is 12.8 Å². The Bertz CT molecular complexity index is 460. The van der Waals surface area contributed by atoms with Crippen molar-refractivity contribution in [3.8, 4) is 0 Å². The molecule has 2 aromatic carbocycles. The average Bonchev–Trinajstić information content (AvgIpc) is 2.30. The molecule has 0 radical (unpaired) electrons. The van der Waals surface area contributed by atoms with Crippen molar-refractivity contribution in [1.82, 2.24) is 5.32 Å². The first-order valence-corrected chi connectivity index (χ1v) is 5.03. The molecule has 0 bridgehead atoms. The number of carbonyl (C=O) groups excluding carboxylic acids is 1. The number of aldehydes is 1. The highest BCUT2D eigenvalue weighted by atomic mass is 16.1. The second-order valence-electron chi connectivity index (χ2n) is 3.44. The second-order valence-corrected chi connectivity index (χ2v) is 3.44. The molecule has 0 saturated heterocycles. The number of carbonyl (C=O) groups is 1. The maximum Gasteiger partial charge on any atom is 0.133 e. The molecule has 2 heteroatoms. The molecule has 0 saturated carbocycles. The summed E-state index contributed by atoms with van der Waals surface area (Å²) in [6.07, 6.45) is 0.880. The molecule has 76 valence electrons. The van der Waals surface area contributed by atoms with Gasteiger partial charge < -0.3 is 10.1 Å². The van der Waals surface area contributed by atoms with Crippen molar-refractivity contribution >= 4 is 17.1 Å². The molecule has 1 N–H and O–H groups in total. The van der Waals surface area contributed by atoms with Gasteiger partial charge in [-0.3, -0.25) is 0 Å². The van der Waals surface area contributed by atoms with Crippen molar-refractivity contribution in [2.45, 2.75) is 6.54 Å². The van der Waals surface area contributed by atoms with Gasteiger partial charge in [0.2, 0.25) is 0 Å². The lowest BCUT2D eigenvalue weighted by atomic mass is 10.0. The van der Waals surface area contributed by atoms with Gasteiger partial charge in [0.25, 0.3) is 0 Å².